The number of nitro groups is 1. The molecule has 2 rings (SSSR count). The average Bonchev–Trinajstić information content (AvgIpc) is 2.46. The molecule has 0 amide bonds. The number of nitrogens with zero attached hydrogens (tertiary/aromatic N) is 3. The zero-order chi connectivity index (χ0) is 14.5. The monoisotopic (exact) mass is 278 g/mol. The van der Waals surface area contributed by atoms with Gasteiger partial charge in [0.05, 0.1) is 11.0 Å². The molecule has 1 saturated heterocycles. The lowest BCUT2D eigenvalue weighted by atomic mass is 9.93. The fourth-order valence-electron chi connectivity index (χ4n) is 2.67. The molecule has 0 atom stereocenters. The normalized spacial score (nSPS) is 16.4. The van der Waals surface area contributed by atoms with E-state index in [1.54, 1.807) is 19.2 Å². The van der Waals surface area contributed by atoms with Gasteiger partial charge in [0.25, 0.3) is 5.69 Å². The molecule has 110 valence electrons. The molecule has 6 nitrogen and oxygen atoms in total. The van der Waals surface area contributed by atoms with E-state index in [-0.39, 0.29) is 10.6 Å². The van der Waals surface area contributed by atoms with Gasteiger partial charge >= 0.3 is 0 Å². The van der Waals surface area contributed by atoms with Gasteiger partial charge in [-0.25, -0.2) is 4.98 Å². The molecule has 6 heteroatoms. The van der Waals surface area contributed by atoms with Crippen LogP contribution < -0.4 is 10.2 Å². The van der Waals surface area contributed by atoms with Crippen LogP contribution in [-0.2, 0) is 0 Å². The molecule has 0 saturated carbocycles. The Morgan fingerprint density at radius 2 is 2.20 bits per heavy atom. The van der Waals surface area contributed by atoms with Crippen LogP contribution in [0.5, 0.6) is 0 Å². The minimum Gasteiger partial charge on any atom is -0.356 e. The summed E-state index contributed by atoms with van der Waals surface area (Å²) < 4.78 is 0. The summed E-state index contributed by atoms with van der Waals surface area (Å²) in [4.78, 5) is 17.1. The van der Waals surface area contributed by atoms with E-state index in [0.29, 0.717) is 5.56 Å². The number of rotatable bonds is 5. The van der Waals surface area contributed by atoms with Gasteiger partial charge in [0.1, 0.15) is 5.82 Å². The van der Waals surface area contributed by atoms with Gasteiger partial charge in [-0.1, -0.05) is 0 Å². The maximum absolute atomic E-state index is 11.0. The van der Waals surface area contributed by atoms with E-state index in [4.69, 9.17) is 0 Å². The summed E-state index contributed by atoms with van der Waals surface area (Å²) in [5.41, 5.74) is 0.773. The van der Waals surface area contributed by atoms with Crippen LogP contribution in [0.1, 0.15) is 24.8 Å². The van der Waals surface area contributed by atoms with Crippen molar-refractivity contribution >= 4 is 11.5 Å². The number of aromatic nitrogens is 1. The van der Waals surface area contributed by atoms with E-state index >= 15 is 0 Å². The summed E-state index contributed by atoms with van der Waals surface area (Å²) in [5.74, 6) is 1.48. The molecule has 1 fully saturated rings. The van der Waals surface area contributed by atoms with Gasteiger partial charge in [0, 0.05) is 24.8 Å². The lowest BCUT2D eigenvalue weighted by molar-refractivity contribution is -0.385. The summed E-state index contributed by atoms with van der Waals surface area (Å²) in [6.07, 6.45) is 5.06. The molecule has 1 aliphatic rings. The lowest BCUT2D eigenvalue weighted by Crippen LogP contribution is -2.35. The van der Waals surface area contributed by atoms with Crippen LogP contribution in [0.4, 0.5) is 11.5 Å². The second-order valence-electron chi connectivity index (χ2n) is 5.41. The van der Waals surface area contributed by atoms with Gasteiger partial charge in [-0.2, -0.15) is 0 Å². The van der Waals surface area contributed by atoms with Crippen LogP contribution in [0.15, 0.2) is 12.3 Å². The van der Waals surface area contributed by atoms with Gasteiger partial charge in [0.15, 0.2) is 0 Å². The van der Waals surface area contributed by atoms with Crippen LogP contribution in [-0.4, -0.2) is 36.6 Å². The highest BCUT2D eigenvalue weighted by atomic mass is 16.6. The first kappa shape index (κ1) is 14.7. The van der Waals surface area contributed by atoms with Crippen LogP contribution in [0.3, 0.4) is 0 Å². The molecule has 1 N–H and O–H groups in total. The number of anilines is 1. The predicted octanol–water partition coefficient (Wildman–Crippen LogP) is 2.12. The number of pyridine rings is 1. The third kappa shape index (κ3) is 3.45. The third-order valence-corrected chi connectivity index (χ3v) is 4.00. The van der Waals surface area contributed by atoms with Crippen LogP contribution >= 0.6 is 0 Å². The summed E-state index contributed by atoms with van der Waals surface area (Å²) in [5, 5.41) is 14.2. The summed E-state index contributed by atoms with van der Waals surface area (Å²) in [7, 11) is 1.98. The van der Waals surface area contributed by atoms with Gasteiger partial charge in [-0.3, -0.25) is 10.1 Å². The Hall–Kier alpha value is -1.69. The fourth-order valence-corrected chi connectivity index (χ4v) is 2.67. The molecule has 1 aromatic heterocycles. The molecule has 0 aromatic carbocycles. The molecular weight excluding hydrogens is 256 g/mol. The second-order valence-corrected chi connectivity index (χ2v) is 5.41. The molecule has 0 bridgehead atoms. The smallest absolute Gasteiger partial charge is 0.277 e. The van der Waals surface area contributed by atoms with Crippen molar-refractivity contribution in [1.29, 1.82) is 0 Å². The number of hydrogen-bond acceptors (Lipinski definition) is 5. The lowest BCUT2D eigenvalue weighted by Gasteiger charge is -2.32. The molecule has 0 spiro atoms. The van der Waals surface area contributed by atoms with Crippen molar-refractivity contribution in [2.45, 2.75) is 26.2 Å². The Morgan fingerprint density at radius 3 is 2.80 bits per heavy atom. The van der Waals surface area contributed by atoms with Crippen molar-refractivity contribution in [1.82, 2.24) is 10.3 Å². The Labute approximate surface area is 119 Å². The number of nitrogens with one attached hydrogen (secondary N) is 1. The Kier molecular flexibility index (Phi) is 4.89. The quantitative estimate of drug-likeness (QED) is 0.660. The first-order valence-electron chi connectivity index (χ1n) is 7.12. The highest BCUT2D eigenvalue weighted by molar-refractivity contribution is 5.50. The Bertz CT molecular complexity index is 470. The van der Waals surface area contributed by atoms with Gasteiger partial charge in [-0.05, 0) is 45.7 Å². The van der Waals surface area contributed by atoms with Crippen molar-refractivity contribution in [3.05, 3.63) is 27.9 Å². The SMILES string of the molecule is CNCCC1CCN(c2cc([N+](=O)[O-])c(C)cn2)CC1. The standard InChI is InChI=1S/C14H22N4O2/c1-11-10-16-14(9-13(11)18(19)20)17-7-4-12(5-8-17)3-6-15-2/h9-10,12,15H,3-8H2,1-2H3. The summed E-state index contributed by atoms with van der Waals surface area (Å²) in [6.45, 7) is 4.64. The topological polar surface area (TPSA) is 71.3 Å². The third-order valence-electron chi connectivity index (χ3n) is 4.00. The largest absolute Gasteiger partial charge is 0.356 e. The molecule has 0 unspecified atom stereocenters. The van der Waals surface area contributed by atoms with E-state index in [9.17, 15) is 10.1 Å². The summed E-state index contributed by atoms with van der Waals surface area (Å²) in [6, 6.07) is 1.60. The van der Waals surface area contributed by atoms with E-state index in [0.717, 1.165) is 44.2 Å². The van der Waals surface area contributed by atoms with Crippen LogP contribution in [0, 0.1) is 23.0 Å². The Morgan fingerprint density at radius 1 is 1.50 bits per heavy atom. The average molecular weight is 278 g/mol. The zero-order valence-electron chi connectivity index (χ0n) is 12.1. The van der Waals surface area contributed by atoms with E-state index in [1.807, 2.05) is 7.05 Å². The minimum absolute atomic E-state index is 0.160. The molecule has 1 aromatic rings. The maximum Gasteiger partial charge on any atom is 0.277 e. The van der Waals surface area contributed by atoms with Crippen molar-refractivity contribution in [3.8, 4) is 0 Å². The maximum atomic E-state index is 11.0. The molecular formula is C14H22N4O2. The first-order chi connectivity index (χ1) is 9.61. The van der Waals surface area contributed by atoms with Crippen molar-refractivity contribution in [3.63, 3.8) is 0 Å². The van der Waals surface area contributed by atoms with Gasteiger partial charge < -0.3 is 10.2 Å². The van der Waals surface area contributed by atoms with Crippen LogP contribution in [0.2, 0.25) is 0 Å². The van der Waals surface area contributed by atoms with Gasteiger partial charge in [0.2, 0.25) is 0 Å². The van der Waals surface area contributed by atoms with Gasteiger partial charge in [-0.15, -0.1) is 0 Å². The van der Waals surface area contributed by atoms with Crippen molar-refractivity contribution in [2.75, 3.05) is 31.6 Å². The molecule has 1 aliphatic heterocycles. The minimum atomic E-state index is -0.333. The number of piperidine rings is 1. The van der Waals surface area contributed by atoms with Crippen molar-refractivity contribution < 1.29 is 4.92 Å². The predicted molar refractivity (Wildman–Crippen MR) is 79.1 cm³/mol. The zero-order valence-corrected chi connectivity index (χ0v) is 12.1. The molecule has 20 heavy (non-hydrogen) atoms. The van der Waals surface area contributed by atoms with E-state index in [2.05, 4.69) is 15.2 Å². The Balaban J connectivity index is 2.00. The van der Waals surface area contributed by atoms with Crippen molar-refractivity contribution in [2.24, 2.45) is 5.92 Å². The highest BCUT2D eigenvalue weighted by Gasteiger charge is 2.22. The number of aryl methyl sites for hydroxylation is 1. The fraction of sp³-hybridized carbons (Fsp3) is 0.643. The molecule has 2 heterocycles. The first-order valence-corrected chi connectivity index (χ1v) is 7.12. The van der Waals surface area contributed by atoms with Crippen LogP contribution in [0.25, 0.3) is 0 Å². The number of hydrogen-bond donors (Lipinski definition) is 1. The second kappa shape index (κ2) is 6.65. The van der Waals surface area contributed by atoms with E-state index in [1.165, 1.54) is 6.42 Å². The molecule has 0 aliphatic carbocycles. The highest BCUT2D eigenvalue weighted by Crippen LogP contribution is 2.27. The summed E-state index contributed by atoms with van der Waals surface area (Å²) >= 11 is 0. The molecule has 0 radical (unpaired) electrons. The van der Waals surface area contributed by atoms with E-state index < -0.39 is 0 Å².